The van der Waals surface area contributed by atoms with Gasteiger partial charge in [-0.3, -0.25) is 4.79 Å². The topological polar surface area (TPSA) is 54.5 Å². The highest BCUT2D eigenvalue weighted by molar-refractivity contribution is 7.92. The van der Waals surface area contributed by atoms with Gasteiger partial charge in [0.2, 0.25) is 5.91 Å². The number of amides is 1. The molecule has 5 heteroatoms. The highest BCUT2D eigenvalue weighted by Crippen LogP contribution is 2.33. The first-order valence-electron chi connectivity index (χ1n) is 8.26. The van der Waals surface area contributed by atoms with Crippen LogP contribution in [0.25, 0.3) is 0 Å². The first kappa shape index (κ1) is 18.0. The summed E-state index contributed by atoms with van der Waals surface area (Å²) in [7, 11) is -3.33. The molecule has 1 saturated heterocycles. The summed E-state index contributed by atoms with van der Waals surface area (Å²) in [6.07, 6.45) is 1.83. The molecule has 0 bridgehead atoms. The first-order valence-corrected chi connectivity index (χ1v) is 10.1. The number of rotatable bonds is 5. The maximum Gasteiger partial charge on any atom is 0.238 e. The fourth-order valence-electron chi connectivity index (χ4n) is 3.22. The van der Waals surface area contributed by atoms with Crippen molar-refractivity contribution >= 4 is 15.7 Å². The zero-order chi connectivity index (χ0) is 17.2. The summed E-state index contributed by atoms with van der Waals surface area (Å²) in [5.74, 6) is -0.513. The maximum absolute atomic E-state index is 12.5. The van der Waals surface area contributed by atoms with Crippen molar-refractivity contribution in [2.24, 2.45) is 5.92 Å². The van der Waals surface area contributed by atoms with E-state index < -0.39 is 9.84 Å². The van der Waals surface area contributed by atoms with Gasteiger partial charge in [0.05, 0.1) is 11.8 Å². The van der Waals surface area contributed by atoms with Crippen LogP contribution in [0.4, 0.5) is 0 Å². The van der Waals surface area contributed by atoms with Gasteiger partial charge in [-0.15, -0.1) is 0 Å². The highest BCUT2D eigenvalue weighted by atomic mass is 32.2. The first-order chi connectivity index (χ1) is 10.7. The predicted molar refractivity (Wildman–Crippen MR) is 93.1 cm³/mol. The van der Waals surface area contributed by atoms with Gasteiger partial charge in [-0.2, -0.15) is 0 Å². The summed E-state index contributed by atoms with van der Waals surface area (Å²) in [6, 6.07) is 6.26. The van der Waals surface area contributed by atoms with Crippen molar-refractivity contribution in [1.29, 1.82) is 0 Å². The van der Waals surface area contributed by atoms with Crippen LogP contribution in [-0.2, 0) is 14.6 Å². The van der Waals surface area contributed by atoms with Crippen molar-refractivity contribution in [3.05, 3.63) is 34.9 Å². The van der Waals surface area contributed by atoms with Crippen LogP contribution in [0.3, 0.4) is 0 Å². The molecule has 1 atom stereocenters. The number of benzene rings is 1. The number of carbonyl (C=O) groups excluding carboxylic acids is 1. The van der Waals surface area contributed by atoms with E-state index in [9.17, 15) is 13.2 Å². The molecular weight excluding hydrogens is 310 g/mol. The van der Waals surface area contributed by atoms with Crippen LogP contribution >= 0.6 is 0 Å². The standard InChI is InChI=1S/C18H27NO3S/c1-13(2)11-23(21,22)12-18(20)19-9-5-6-17(19)16-8-7-14(3)15(4)10-16/h7-8,10,13,17H,5-6,9,11-12H2,1-4H3/t17-/m0/s1. The summed E-state index contributed by atoms with van der Waals surface area (Å²) >= 11 is 0. The van der Waals surface area contributed by atoms with Gasteiger partial charge in [0.15, 0.2) is 9.84 Å². The molecule has 2 rings (SSSR count). The Bertz CT molecular complexity index is 680. The Hall–Kier alpha value is -1.36. The molecule has 23 heavy (non-hydrogen) atoms. The maximum atomic E-state index is 12.5. The van der Waals surface area contributed by atoms with E-state index in [0.717, 1.165) is 18.4 Å². The second kappa shape index (κ2) is 7.04. The average Bonchev–Trinajstić information content (AvgIpc) is 2.89. The summed E-state index contributed by atoms with van der Waals surface area (Å²) < 4.78 is 24.2. The third kappa shape index (κ3) is 4.56. The van der Waals surface area contributed by atoms with Gasteiger partial charge in [0.1, 0.15) is 5.75 Å². The van der Waals surface area contributed by atoms with Crippen LogP contribution in [0.2, 0.25) is 0 Å². The molecule has 0 N–H and O–H groups in total. The molecular formula is C18H27NO3S. The molecule has 1 aromatic rings. The molecule has 0 aliphatic carbocycles. The van der Waals surface area contributed by atoms with Crippen molar-refractivity contribution in [3.8, 4) is 0 Å². The number of hydrogen-bond acceptors (Lipinski definition) is 3. The number of sulfone groups is 1. The lowest BCUT2D eigenvalue weighted by Crippen LogP contribution is -2.36. The Morgan fingerprint density at radius 1 is 1.26 bits per heavy atom. The van der Waals surface area contributed by atoms with E-state index in [1.165, 1.54) is 11.1 Å². The van der Waals surface area contributed by atoms with Gasteiger partial charge >= 0.3 is 0 Å². The smallest absolute Gasteiger partial charge is 0.238 e. The minimum Gasteiger partial charge on any atom is -0.335 e. The number of aryl methyl sites for hydroxylation is 2. The molecule has 0 unspecified atom stereocenters. The van der Waals surface area contributed by atoms with Crippen molar-refractivity contribution in [1.82, 2.24) is 4.90 Å². The summed E-state index contributed by atoms with van der Waals surface area (Å²) in [4.78, 5) is 14.3. The number of likely N-dealkylation sites (tertiary alicyclic amines) is 1. The Labute approximate surface area is 139 Å². The molecule has 0 radical (unpaired) electrons. The minimum absolute atomic E-state index is 0.0102. The van der Waals surface area contributed by atoms with Gasteiger partial charge in [-0.1, -0.05) is 32.0 Å². The number of carbonyl (C=O) groups is 1. The van der Waals surface area contributed by atoms with Crippen molar-refractivity contribution < 1.29 is 13.2 Å². The lowest BCUT2D eigenvalue weighted by atomic mass is 9.99. The Kier molecular flexibility index (Phi) is 5.50. The predicted octanol–water partition coefficient (Wildman–Crippen LogP) is 3.04. The lowest BCUT2D eigenvalue weighted by Gasteiger charge is -2.26. The van der Waals surface area contributed by atoms with Gasteiger partial charge in [0, 0.05) is 6.54 Å². The number of nitrogens with zero attached hydrogens (tertiary/aromatic N) is 1. The van der Waals surface area contributed by atoms with Crippen LogP contribution in [-0.4, -0.2) is 37.3 Å². The average molecular weight is 337 g/mol. The van der Waals surface area contributed by atoms with Gasteiger partial charge in [-0.05, 0) is 49.3 Å². The van der Waals surface area contributed by atoms with Crippen LogP contribution in [0, 0.1) is 19.8 Å². The molecule has 128 valence electrons. The van der Waals surface area contributed by atoms with Gasteiger partial charge < -0.3 is 4.90 Å². The largest absolute Gasteiger partial charge is 0.335 e. The molecule has 4 nitrogen and oxygen atoms in total. The molecule has 0 aromatic heterocycles. The second-order valence-electron chi connectivity index (χ2n) is 7.04. The lowest BCUT2D eigenvalue weighted by molar-refractivity contribution is -0.129. The fourth-order valence-corrected chi connectivity index (χ4v) is 4.90. The van der Waals surface area contributed by atoms with Crippen LogP contribution in [0.15, 0.2) is 18.2 Å². The Balaban J connectivity index is 2.15. The zero-order valence-corrected chi connectivity index (χ0v) is 15.3. The van der Waals surface area contributed by atoms with E-state index in [4.69, 9.17) is 0 Å². The number of hydrogen-bond donors (Lipinski definition) is 0. The molecule has 0 spiro atoms. The quantitative estimate of drug-likeness (QED) is 0.830. The molecule has 1 heterocycles. The molecule has 1 aliphatic rings. The molecule has 1 aromatic carbocycles. The molecule has 1 fully saturated rings. The van der Waals surface area contributed by atoms with Crippen molar-refractivity contribution in [2.45, 2.75) is 46.6 Å². The Morgan fingerprint density at radius 2 is 1.96 bits per heavy atom. The normalized spacial score (nSPS) is 18.7. The highest BCUT2D eigenvalue weighted by Gasteiger charge is 2.32. The van der Waals surface area contributed by atoms with E-state index in [1.54, 1.807) is 4.90 Å². The SMILES string of the molecule is Cc1ccc([C@@H]2CCCN2C(=O)CS(=O)(=O)CC(C)C)cc1C. The van der Waals surface area contributed by atoms with Crippen molar-refractivity contribution in [3.63, 3.8) is 0 Å². The third-order valence-electron chi connectivity index (χ3n) is 4.42. The van der Waals surface area contributed by atoms with E-state index in [0.29, 0.717) is 6.54 Å². The summed E-state index contributed by atoms with van der Waals surface area (Å²) in [5, 5.41) is 0. The molecule has 1 aliphatic heterocycles. The van der Waals surface area contributed by atoms with E-state index in [2.05, 4.69) is 32.0 Å². The van der Waals surface area contributed by atoms with Crippen LogP contribution < -0.4 is 0 Å². The zero-order valence-electron chi connectivity index (χ0n) is 14.5. The molecule has 1 amide bonds. The van der Waals surface area contributed by atoms with Crippen LogP contribution in [0.5, 0.6) is 0 Å². The third-order valence-corrected chi connectivity index (χ3v) is 6.28. The van der Waals surface area contributed by atoms with Crippen molar-refractivity contribution in [2.75, 3.05) is 18.1 Å². The van der Waals surface area contributed by atoms with Gasteiger partial charge in [0.25, 0.3) is 0 Å². The Morgan fingerprint density at radius 3 is 2.57 bits per heavy atom. The molecule has 0 saturated carbocycles. The van der Waals surface area contributed by atoms with Crippen LogP contribution in [0.1, 0.15) is 49.4 Å². The van der Waals surface area contributed by atoms with E-state index in [1.807, 2.05) is 13.8 Å². The van der Waals surface area contributed by atoms with Gasteiger partial charge in [-0.25, -0.2) is 8.42 Å². The second-order valence-corrected chi connectivity index (χ2v) is 9.15. The monoisotopic (exact) mass is 337 g/mol. The fraction of sp³-hybridized carbons (Fsp3) is 0.611. The summed E-state index contributed by atoms with van der Waals surface area (Å²) in [6.45, 7) is 8.49. The van der Waals surface area contributed by atoms with E-state index >= 15 is 0 Å². The summed E-state index contributed by atoms with van der Waals surface area (Å²) in [5.41, 5.74) is 3.54. The minimum atomic E-state index is -3.33. The van der Waals surface area contributed by atoms with E-state index in [-0.39, 0.29) is 29.4 Å².